The quantitative estimate of drug-likeness (QED) is 0.730. The largest absolute Gasteiger partial charge is 0.342 e. The highest BCUT2D eigenvalue weighted by Crippen LogP contribution is 2.18. The summed E-state index contributed by atoms with van der Waals surface area (Å²) < 4.78 is 0. The molecule has 0 bridgehead atoms. The number of nitrogens with one attached hydrogen (secondary N) is 1. The molecule has 0 aromatic heterocycles. The van der Waals surface area contributed by atoms with Crippen LogP contribution in [0.25, 0.3) is 0 Å². The average molecular weight is 196 g/mol. The summed E-state index contributed by atoms with van der Waals surface area (Å²) in [6.45, 7) is 5.26. The SMILES string of the molecule is CC1CC(=O)N(CCC2CCCN2)C1. The van der Waals surface area contributed by atoms with E-state index < -0.39 is 0 Å². The Hall–Kier alpha value is -0.570. The van der Waals surface area contributed by atoms with Gasteiger partial charge >= 0.3 is 0 Å². The van der Waals surface area contributed by atoms with E-state index in [4.69, 9.17) is 0 Å². The maximum absolute atomic E-state index is 11.5. The Labute approximate surface area is 85.8 Å². The second-order valence-corrected chi connectivity index (χ2v) is 4.73. The van der Waals surface area contributed by atoms with Crippen molar-refractivity contribution in [3.63, 3.8) is 0 Å². The summed E-state index contributed by atoms with van der Waals surface area (Å²) in [5, 5.41) is 3.47. The third kappa shape index (κ3) is 2.27. The second-order valence-electron chi connectivity index (χ2n) is 4.73. The first kappa shape index (κ1) is 9.97. The number of amides is 1. The topological polar surface area (TPSA) is 32.3 Å². The fourth-order valence-electron chi connectivity index (χ4n) is 2.50. The van der Waals surface area contributed by atoms with Crippen molar-refractivity contribution in [2.45, 2.75) is 38.6 Å². The molecule has 2 saturated heterocycles. The van der Waals surface area contributed by atoms with E-state index in [1.807, 2.05) is 4.90 Å². The van der Waals surface area contributed by atoms with Gasteiger partial charge in [0.25, 0.3) is 0 Å². The predicted molar refractivity (Wildman–Crippen MR) is 56.0 cm³/mol. The van der Waals surface area contributed by atoms with Gasteiger partial charge in [0.05, 0.1) is 0 Å². The fraction of sp³-hybridized carbons (Fsp3) is 0.909. The molecular formula is C11H20N2O. The van der Waals surface area contributed by atoms with Crippen LogP contribution in [0.15, 0.2) is 0 Å². The Balaban J connectivity index is 1.72. The van der Waals surface area contributed by atoms with Crippen molar-refractivity contribution in [3.8, 4) is 0 Å². The summed E-state index contributed by atoms with van der Waals surface area (Å²) >= 11 is 0. The van der Waals surface area contributed by atoms with E-state index in [-0.39, 0.29) is 0 Å². The van der Waals surface area contributed by atoms with E-state index in [1.54, 1.807) is 0 Å². The van der Waals surface area contributed by atoms with Crippen LogP contribution in [0.2, 0.25) is 0 Å². The number of hydrogen-bond donors (Lipinski definition) is 1. The molecule has 2 aliphatic rings. The number of likely N-dealkylation sites (tertiary alicyclic amines) is 1. The molecule has 1 amide bonds. The van der Waals surface area contributed by atoms with Gasteiger partial charge in [0, 0.05) is 25.6 Å². The molecule has 0 saturated carbocycles. The molecule has 2 unspecified atom stereocenters. The summed E-state index contributed by atoms with van der Waals surface area (Å²) in [6.07, 6.45) is 4.49. The number of carbonyl (C=O) groups is 1. The average Bonchev–Trinajstić information content (AvgIpc) is 2.72. The number of rotatable bonds is 3. The highest BCUT2D eigenvalue weighted by atomic mass is 16.2. The lowest BCUT2D eigenvalue weighted by molar-refractivity contribution is -0.127. The van der Waals surface area contributed by atoms with Crippen LogP contribution in [0.1, 0.15) is 32.6 Å². The first-order chi connectivity index (χ1) is 6.75. The molecule has 80 valence electrons. The van der Waals surface area contributed by atoms with Crippen molar-refractivity contribution in [1.82, 2.24) is 10.2 Å². The van der Waals surface area contributed by atoms with Gasteiger partial charge in [-0.25, -0.2) is 0 Å². The Bertz CT molecular complexity index is 211. The minimum atomic E-state index is 0.357. The van der Waals surface area contributed by atoms with E-state index >= 15 is 0 Å². The lowest BCUT2D eigenvalue weighted by atomic mass is 10.1. The maximum atomic E-state index is 11.5. The first-order valence-corrected chi connectivity index (χ1v) is 5.77. The van der Waals surface area contributed by atoms with Crippen LogP contribution in [0, 0.1) is 5.92 Å². The minimum Gasteiger partial charge on any atom is -0.342 e. The summed E-state index contributed by atoms with van der Waals surface area (Å²) in [4.78, 5) is 13.5. The fourth-order valence-corrected chi connectivity index (χ4v) is 2.50. The molecule has 14 heavy (non-hydrogen) atoms. The molecule has 3 heteroatoms. The molecular weight excluding hydrogens is 176 g/mol. The third-order valence-electron chi connectivity index (χ3n) is 3.32. The van der Waals surface area contributed by atoms with Crippen molar-refractivity contribution in [1.29, 1.82) is 0 Å². The zero-order chi connectivity index (χ0) is 9.97. The van der Waals surface area contributed by atoms with E-state index in [0.29, 0.717) is 17.9 Å². The Morgan fingerprint density at radius 1 is 1.57 bits per heavy atom. The molecule has 2 atom stereocenters. The molecule has 2 rings (SSSR count). The summed E-state index contributed by atoms with van der Waals surface area (Å²) in [5.74, 6) is 0.925. The molecule has 2 aliphatic heterocycles. The van der Waals surface area contributed by atoms with Crippen molar-refractivity contribution < 1.29 is 4.79 Å². The lowest BCUT2D eigenvalue weighted by Gasteiger charge is -2.18. The highest BCUT2D eigenvalue weighted by molar-refractivity contribution is 5.78. The Morgan fingerprint density at radius 2 is 2.43 bits per heavy atom. The van der Waals surface area contributed by atoms with E-state index in [2.05, 4.69) is 12.2 Å². The molecule has 0 aromatic carbocycles. The molecule has 2 heterocycles. The third-order valence-corrected chi connectivity index (χ3v) is 3.32. The van der Waals surface area contributed by atoms with Gasteiger partial charge in [-0.2, -0.15) is 0 Å². The first-order valence-electron chi connectivity index (χ1n) is 5.77. The summed E-state index contributed by atoms with van der Waals surface area (Å²) in [6, 6.07) is 0.665. The smallest absolute Gasteiger partial charge is 0.222 e. The highest BCUT2D eigenvalue weighted by Gasteiger charge is 2.26. The van der Waals surface area contributed by atoms with Gasteiger partial charge in [-0.3, -0.25) is 4.79 Å². The minimum absolute atomic E-state index is 0.357. The monoisotopic (exact) mass is 196 g/mol. The van der Waals surface area contributed by atoms with Crippen molar-refractivity contribution in [3.05, 3.63) is 0 Å². The van der Waals surface area contributed by atoms with Gasteiger partial charge in [0.1, 0.15) is 0 Å². The second kappa shape index (κ2) is 4.30. The normalized spacial score (nSPS) is 32.9. The number of nitrogens with zero attached hydrogens (tertiary/aromatic N) is 1. The van der Waals surface area contributed by atoms with Crippen molar-refractivity contribution in [2.24, 2.45) is 5.92 Å². The molecule has 3 nitrogen and oxygen atoms in total. The summed E-state index contributed by atoms with van der Waals surface area (Å²) in [5.41, 5.74) is 0. The molecule has 0 aliphatic carbocycles. The van der Waals surface area contributed by atoms with Gasteiger partial charge in [0.2, 0.25) is 5.91 Å². The van der Waals surface area contributed by atoms with Gasteiger partial charge < -0.3 is 10.2 Å². The maximum Gasteiger partial charge on any atom is 0.222 e. The predicted octanol–water partition coefficient (Wildman–Crippen LogP) is 0.997. The van der Waals surface area contributed by atoms with E-state index in [9.17, 15) is 4.79 Å². The number of hydrogen-bond acceptors (Lipinski definition) is 2. The van der Waals surface area contributed by atoms with Crippen molar-refractivity contribution in [2.75, 3.05) is 19.6 Å². The standard InChI is InChI=1S/C11H20N2O/c1-9-7-11(14)13(8-9)6-4-10-3-2-5-12-10/h9-10,12H,2-8H2,1H3. The van der Waals surface area contributed by atoms with Gasteiger partial charge in [-0.05, 0) is 31.7 Å². The van der Waals surface area contributed by atoms with Gasteiger partial charge in [-0.15, -0.1) is 0 Å². The Kier molecular flexibility index (Phi) is 3.06. The van der Waals surface area contributed by atoms with Crippen LogP contribution < -0.4 is 5.32 Å². The number of carbonyl (C=O) groups excluding carboxylic acids is 1. The van der Waals surface area contributed by atoms with Gasteiger partial charge in [0.15, 0.2) is 0 Å². The zero-order valence-electron chi connectivity index (χ0n) is 8.96. The van der Waals surface area contributed by atoms with Crippen LogP contribution in [0.4, 0.5) is 0 Å². The molecule has 2 fully saturated rings. The van der Waals surface area contributed by atoms with E-state index in [1.165, 1.54) is 12.8 Å². The van der Waals surface area contributed by atoms with Crippen molar-refractivity contribution >= 4 is 5.91 Å². The zero-order valence-corrected chi connectivity index (χ0v) is 8.96. The Morgan fingerprint density at radius 3 is 3.00 bits per heavy atom. The van der Waals surface area contributed by atoms with E-state index in [0.717, 1.165) is 32.5 Å². The summed E-state index contributed by atoms with van der Waals surface area (Å²) in [7, 11) is 0. The van der Waals surface area contributed by atoms with Gasteiger partial charge in [-0.1, -0.05) is 6.92 Å². The van der Waals surface area contributed by atoms with Crippen LogP contribution in [0.3, 0.4) is 0 Å². The van der Waals surface area contributed by atoms with Crippen LogP contribution in [-0.4, -0.2) is 36.5 Å². The van der Waals surface area contributed by atoms with Crippen LogP contribution in [-0.2, 0) is 4.79 Å². The van der Waals surface area contributed by atoms with Crippen LogP contribution >= 0.6 is 0 Å². The molecule has 0 spiro atoms. The molecule has 0 aromatic rings. The lowest BCUT2D eigenvalue weighted by Crippen LogP contribution is -2.31. The molecule has 1 N–H and O–H groups in total. The molecule has 0 radical (unpaired) electrons. The van der Waals surface area contributed by atoms with Crippen LogP contribution in [0.5, 0.6) is 0 Å².